The predicted octanol–water partition coefficient (Wildman–Crippen LogP) is 8.45. The van der Waals surface area contributed by atoms with Gasteiger partial charge < -0.3 is 10.6 Å². The third-order valence-electron chi connectivity index (χ3n) is 6.34. The summed E-state index contributed by atoms with van der Waals surface area (Å²) in [5.74, 6) is 0. The van der Waals surface area contributed by atoms with Crippen molar-refractivity contribution in [1.29, 1.82) is 0 Å². The van der Waals surface area contributed by atoms with E-state index >= 15 is 0 Å². The van der Waals surface area contributed by atoms with Crippen molar-refractivity contribution in [3.63, 3.8) is 0 Å². The van der Waals surface area contributed by atoms with Crippen LogP contribution in [-0.4, -0.2) is 12.6 Å². The van der Waals surface area contributed by atoms with E-state index in [-0.39, 0.29) is 0 Å². The van der Waals surface area contributed by atoms with E-state index in [1.54, 1.807) is 5.56 Å². The summed E-state index contributed by atoms with van der Waals surface area (Å²) in [6.45, 7) is 23.1. The molecule has 1 fully saturated rings. The Morgan fingerprint density at radius 3 is 2.24 bits per heavy atom. The first kappa shape index (κ1) is 29.7. The van der Waals surface area contributed by atoms with E-state index in [2.05, 4.69) is 89.1 Å². The van der Waals surface area contributed by atoms with E-state index in [1.165, 1.54) is 53.5 Å². The van der Waals surface area contributed by atoms with Crippen LogP contribution in [0.2, 0.25) is 0 Å². The number of rotatable bonds is 8. The molecule has 0 radical (unpaired) electrons. The maximum atomic E-state index is 4.09. The van der Waals surface area contributed by atoms with Gasteiger partial charge in [0.1, 0.15) is 0 Å². The Kier molecular flexibility index (Phi) is 14.3. The molecule has 1 saturated carbocycles. The third kappa shape index (κ3) is 9.89. The van der Waals surface area contributed by atoms with Crippen molar-refractivity contribution < 1.29 is 0 Å². The molecule has 0 aliphatic heterocycles. The Balaban J connectivity index is 0.000000320. The van der Waals surface area contributed by atoms with Crippen LogP contribution in [0.3, 0.4) is 0 Å². The summed E-state index contributed by atoms with van der Waals surface area (Å²) in [4.78, 5) is 0. The van der Waals surface area contributed by atoms with Crippen LogP contribution in [-0.2, 0) is 13.0 Å². The lowest BCUT2D eigenvalue weighted by Crippen LogP contribution is -2.26. The van der Waals surface area contributed by atoms with Crippen molar-refractivity contribution in [3.05, 3.63) is 88.1 Å². The molecule has 0 spiro atoms. The summed E-state index contributed by atoms with van der Waals surface area (Å²) in [6.07, 6.45) is 8.79. The third-order valence-corrected chi connectivity index (χ3v) is 6.34. The normalized spacial score (nSPS) is 13.5. The zero-order valence-corrected chi connectivity index (χ0v) is 23.3. The Morgan fingerprint density at radius 2 is 1.65 bits per heavy atom. The molecule has 0 atom stereocenters. The lowest BCUT2D eigenvalue weighted by Gasteiger charge is -2.16. The quantitative estimate of drug-likeness (QED) is 0.384. The van der Waals surface area contributed by atoms with E-state index in [4.69, 9.17) is 0 Å². The Bertz CT molecular complexity index is 901. The number of nitrogens with one attached hydrogen (secondary N) is 2. The summed E-state index contributed by atoms with van der Waals surface area (Å²) >= 11 is 0. The fourth-order valence-corrected chi connectivity index (χ4v) is 4.74. The molecular weight excluding hydrogens is 412 g/mol. The SMILES string of the molecule is C=C(/C=C(\C)NCC)c1ccccc1C.CC.CCc1c(C)cc(C)cc1CNC1CCCC1. The Labute approximate surface area is 211 Å². The van der Waals surface area contributed by atoms with Crippen molar-refractivity contribution in [2.75, 3.05) is 6.54 Å². The topological polar surface area (TPSA) is 24.1 Å². The molecule has 188 valence electrons. The van der Waals surface area contributed by atoms with Crippen LogP contribution in [0, 0.1) is 20.8 Å². The van der Waals surface area contributed by atoms with Gasteiger partial charge in [0.15, 0.2) is 0 Å². The molecule has 0 saturated heterocycles. The Morgan fingerprint density at radius 1 is 1.00 bits per heavy atom. The molecule has 2 aromatic carbocycles. The summed E-state index contributed by atoms with van der Waals surface area (Å²) in [6, 6.07) is 13.7. The highest BCUT2D eigenvalue weighted by atomic mass is 14.9. The Hall–Kier alpha value is -2.32. The molecule has 2 heteroatoms. The van der Waals surface area contributed by atoms with Gasteiger partial charge in [-0.3, -0.25) is 0 Å². The smallest absolute Gasteiger partial charge is 0.0211 e. The van der Waals surface area contributed by atoms with Gasteiger partial charge in [-0.25, -0.2) is 0 Å². The predicted molar refractivity (Wildman–Crippen MR) is 153 cm³/mol. The minimum Gasteiger partial charge on any atom is -0.389 e. The second kappa shape index (κ2) is 16.3. The standard InChI is InChI=1S/C16H25N.C14H19N.C2H6/c1-4-16-13(3)9-12(2)10-14(16)11-17-15-7-5-6-8-15;1-5-15-13(4)10-12(3)14-9-7-6-8-11(14)2;1-2/h9-10,15,17H,4-8,11H2,1-3H3;6-10,15H,3,5H2,1-2,4H3;1-2H3/b;13-10+;. The highest BCUT2D eigenvalue weighted by Crippen LogP contribution is 2.21. The van der Waals surface area contributed by atoms with Crippen LogP contribution >= 0.6 is 0 Å². The minimum absolute atomic E-state index is 0.764. The maximum Gasteiger partial charge on any atom is 0.0211 e. The van der Waals surface area contributed by atoms with Crippen LogP contribution in [0.1, 0.15) is 93.7 Å². The molecule has 0 unspecified atom stereocenters. The molecule has 34 heavy (non-hydrogen) atoms. The highest BCUT2D eigenvalue weighted by molar-refractivity contribution is 5.74. The lowest BCUT2D eigenvalue weighted by atomic mass is 9.97. The van der Waals surface area contributed by atoms with Crippen molar-refractivity contribution in [2.45, 2.75) is 100 Å². The number of allylic oxidation sites excluding steroid dienone is 3. The molecule has 0 aromatic heterocycles. The largest absolute Gasteiger partial charge is 0.389 e. The molecule has 0 amide bonds. The van der Waals surface area contributed by atoms with Gasteiger partial charge >= 0.3 is 0 Å². The second-order valence-electron chi connectivity index (χ2n) is 9.13. The first-order valence-electron chi connectivity index (χ1n) is 13.3. The fourth-order valence-electron chi connectivity index (χ4n) is 4.74. The molecule has 0 bridgehead atoms. The highest BCUT2D eigenvalue weighted by Gasteiger charge is 2.14. The van der Waals surface area contributed by atoms with Crippen LogP contribution in [0.25, 0.3) is 5.57 Å². The van der Waals surface area contributed by atoms with Crippen LogP contribution < -0.4 is 10.6 Å². The molecule has 2 N–H and O–H groups in total. The van der Waals surface area contributed by atoms with Gasteiger partial charge in [0.2, 0.25) is 0 Å². The van der Waals surface area contributed by atoms with Crippen LogP contribution in [0.4, 0.5) is 0 Å². The molecule has 0 heterocycles. The van der Waals surface area contributed by atoms with Gasteiger partial charge in [-0.05, 0) is 93.3 Å². The van der Waals surface area contributed by atoms with Gasteiger partial charge in [0.05, 0.1) is 0 Å². The van der Waals surface area contributed by atoms with Gasteiger partial charge in [-0.15, -0.1) is 0 Å². The lowest BCUT2D eigenvalue weighted by molar-refractivity contribution is 0.522. The van der Waals surface area contributed by atoms with Crippen molar-refractivity contribution in [3.8, 4) is 0 Å². The van der Waals surface area contributed by atoms with Gasteiger partial charge in [0.25, 0.3) is 0 Å². The number of benzene rings is 2. The molecule has 1 aliphatic rings. The molecular formula is C32H50N2. The first-order valence-corrected chi connectivity index (χ1v) is 13.3. The van der Waals surface area contributed by atoms with Gasteiger partial charge in [-0.1, -0.05) is 82.2 Å². The van der Waals surface area contributed by atoms with Crippen molar-refractivity contribution in [1.82, 2.24) is 10.6 Å². The van der Waals surface area contributed by atoms with Crippen LogP contribution in [0.15, 0.2) is 54.8 Å². The summed E-state index contributed by atoms with van der Waals surface area (Å²) < 4.78 is 0. The molecule has 3 rings (SSSR count). The van der Waals surface area contributed by atoms with E-state index in [9.17, 15) is 0 Å². The van der Waals surface area contributed by atoms with E-state index in [0.29, 0.717) is 0 Å². The average Bonchev–Trinajstić information content (AvgIpc) is 3.33. The number of hydrogen-bond donors (Lipinski definition) is 2. The maximum absolute atomic E-state index is 4.09. The van der Waals surface area contributed by atoms with E-state index < -0.39 is 0 Å². The van der Waals surface area contributed by atoms with Crippen LogP contribution in [0.5, 0.6) is 0 Å². The molecule has 2 aromatic rings. The summed E-state index contributed by atoms with van der Waals surface area (Å²) in [7, 11) is 0. The monoisotopic (exact) mass is 462 g/mol. The summed E-state index contributed by atoms with van der Waals surface area (Å²) in [5.41, 5.74) is 10.6. The van der Waals surface area contributed by atoms with E-state index in [0.717, 1.165) is 36.8 Å². The average molecular weight is 463 g/mol. The number of aryl methyl sites for hydroxylation is 3. The first-order chi connectivity index (χ1) is 16.3. The molecule has 1 aliphatic carbocycles. The zero-order chi connectivity index (χ0) is 25.5. The van der Waals surface area contributed by atoms with E-state index in [1.807, 2.05) is 26.0 Å². The summed E-state index contributed by atoms with van der Waals surface area (Å²) in [5, 5.41) is 6.99. The van der Waals surface area contributed by atoms with Crippen molar-refractivity contribution >= 4 is 5.57 Å². The fraction of sp³-hybridized carbons (Fsp3) is 0.500. The number of hydrogen-bond acceptors (Lipinski definition) is 2. The van der Waals surface area contributed by atoms with Crippen molar-refractivity contribution in [2.24, 2.45) is 0 Å². The van der Waals surface area contributed by atoms with Gasteiger partial charge in [-0.2, -0.15) is 0 Å². The zero-order valence-electron chi connectivity index (χ0n) is 23.3. The van der Waals surface area contributed by atoms with Gasteiger partial charge in [0, 0.05) is 24.8 Å². The minimum atomic E-state index is 0.764. The molecule has 2 nitrogen and oxygen atoms in total. The second-order valence-corrected chi connectivity index (χ2v) is 9.13.